The maximum Gasteiger partial charge on any atom is 0.530 e. The van der Waals surface area contributed by atoms with E-state index in [1.807, 2.05) is 60.7 Å². The van der Waals surface area contributed by atoms with Crippen LogP contribution in [0.3, 0.4) is 0 Å². The van der Waals surface area contributed by atoms with Crippen LogP contribution in [0.15, 0.2) is 133 Å². The monoisotopic (exact) mass is 1330 g/mol. The standard InChI is InChI=1S/C42H63O3P.C22H31O3P.C17H27O3P/c1-37(2,3)28-19-22-34(31(25-28)40(10,11)12)43-46(44-35-23-20-29(38(4,5)6)26-32(35)41(13,14)15)45-36-24-21-30(39(7,8)9)27-33(36)42(16,17)18;1-2-3-4-5-6-7-8-15-20-23-26(24-21-16-11-9-12-17-21)25-22-18-13-10-14-19-22;1-16(2,3)13-8-9-15(14(12-13)17(4,5)6)20-21-18-10-7-11-19-21/h19-27H,1-18H3;9-14,16-19H,2-8,15,20H2,1H3;8-9,12H,7,10-11H2,1-6H3. The van der Waals surface area contributed by atoms with E-state index in [4.69, 9.17) is 40.7 Å². The van der Waals surface area contributed by atoms with E-state index in [2.05, 4.69) is 246 Å². The molecule has 0 unspecified atom stereocenters. The molecule has 7 rings (SSSR count). The molecular weight excluding hydrogens is 1210 g/mol. The van der Waals surface area contributed by atoms with Crippen LogP contribution in [0.4, 0.5) is 0 Å². The second kappa shape index (κ2) is 34.5. The van der Waals surface area contributed by atoms with E-state index in [9.17, 15) is 0 Å². The van der Waals surface area contributed by atoms with Crippen molar-refractivity contribution in [2.24, 2.45) is 0 Å². The van der Waals surface area contributed by atoms with Gasteiger partial charge < -0.3 is 36.2 Å². The molecule has 0 radical (unpaired) electrons. The Labute approximate surface area is 569 Å². The Morgan fingerprint density at radius 1 is 0.333 bits per heavy atom. The van der Waals surface area contributed by atoms with E-state index < -0.39 is 25.8 Å². The van der Waals surface area contributed by atoms with Gasteiger partial charge in [0.05, 0.1) is 19.8 Å². The molecule has 0 amide bonds. The highest BCUT2D eigenvalue weighted by Gasteiger charge is 2.34. The molecule has 1 heterocycles. The Balaban J connectivity index is 0.000000280. The lowest BCUT2D eigenvalue weighted by Gasteiger charge is -2.31. The molecule has 1 aliphatic rings. The first-order chi connectivity index (χ1) is 43.1. The average molecular weight is 1330 g/mol. The fourth-order valence-corrected chi connectivity index (χ4v) is 13.2. The molecule has 6 aromatic rings. The predicted molar refractivity (Wildman–Crippen MR) is 398 cm³/mol. The van der Waals surface area contributed by atoms with Gasteiger partial charge in [-0.25, -0.2) is 0 Å². The van der Waals surface area contributed by atoms with E-state index in [1.54, 1.807) is 0 Å². The van der Waals surface area contributed by atoms with Crippen molar-refractivity contribution < 1.29 is 40.7 Å². The maximum atomic E-state index is 6.90. The molecule has 0 bridgehead atoms. The topological polar surface area (TPSA) is 83.1 Å². The predicted octanol–water partition coefficient (Wildman–Crippen LogP) is 26.1. The highest BCUT2D eigenvalue weighted by Crippen LogP contribution is 2.52. The van der Waals surface area contributed by atoms with Crippen LogP contribution in [0.5, 0.6) is 34.5 Å². The van der Waals surface area contributed by atoms with Crippen LogP contribution in [0.1, 0.15) is 275 Å². The summed E-state index contributed by atoms with van der Waals surface area (Å²) < 4.78 is 55.6. The molecule has 12 heteroatoms. The first kappa shape index (κ1) is 79.0. The minimum absolute atomic E-state index is 0.0156. The van der Waals surface area contributed by atoms with Crippen molar-refractivity contribution in [1.82, 2.24) is 0 Å². The van der Waals surface area contributed by atoms with Gasteiger partial charge in [-0.2, -0.15) is 0 Å². The van der Waals surface area contributed by atoms with E-state index in [0.29, 0.717) is 6.61 Å². The summed E-state index contributed by atoms with van der Waals surface area (Å²) in [5.41, 5.74) is 9.51. The molecule has 6 aromatic carbocycles. The Morgan fingerprint density at radius 3 is 0.946 bits per heavy atom. The highest BCUT2D eigenvalue weighted by atomic mass is 31.2. The number of rotatable bonds is 22. The molecule has 0 aliphatic carbocycles. The first-order valence-electron chi connectivity index (χ1n) is 34.2. The molecule has 514 valence electrons. The van der Waals surface area contributed by atoms with Gasteiger partial charge in [0.2, 0.25) is 0 Å². The third kappa shape index (κ3) is 26.7. The zero-order chi connectivity index (χ0) is 69.2. The number of benzene rings is 6. The van der Waals surface area contributed by atoms with Crippen molar-refractivity contribution in [3.8, 4) is 34.5 Å². The third-order valence-electron chi connectivity index (χ3n) is 16.0. The molecule has 0 aromatic heterocycles. The van der Waals surface area contributed by atoms with Crippen molar-refractivity contribution in [2.45, 2.75) is 274 Å². The van der Waals surface area contributed by atoms with E-state index in [1.165, 1.54) is 72.8 Å². The van der Waals surface area contributed by atoms with Gasteiger partial charge in [0.1, 0.15) is 34.5 Å². The van der Waals surface area contributed by atoms with Crippen molar-refractivity contribution in [3.05, 3.63) is 178 Å². The molecule has 1 fully saturated rings. The summed E-state index contributed by atoms with van der Waals surface area (Å²) in [7, 11) is -4.59. The van der Waals surface area contributed by atoms with Gasteiger partial charge in [-0.3, -0.25) is 4.52 Å². The Kier molecular flexibility index (Phi) is 29.3. The van der Waals surface area contributed by atoms with Crippen molar-refractivity contribution in [3.63, 3.8) is 0 Å². The molecule has 9 nitrogen and oxygen atoms in total. The summed E-state index contributed by atoms with van der Waals surface area (Å²) in [6.07, 6.45) is 11.2. The summed E-state index contributed by atoms with van der Waals surface area (Å²) >= 11 is 0. The minimum atomic E-state index is -1.89. The zero-order valence-electron chi connectivity index (χ0n) is 62.2. The molecule has 93 heavy (non-hydrogen) atoms. The summed E-state index contributed by atoms with van der Waals surface area (Å²) in [5.74, 6) is 4.79. The number of unbranched alkanes of at least 4 members (excludes halogenated alkanes) is 7. The second-order valence-electron chi connectivity index (χ2n) is 33.0. The number of hydrogen-bond acceptors (Lipinski definition) is 9. The lowest BCUT2D eigenvalue weighted by molar-refractivity contribution is 0.147. The van der Waals surface area contributed by atoms with Crippen LogP contribution in [-0.4, -0.2) is 19.8 Å². The van der Waals surface area contributed by atoms with Crippen molar-refractivity contribution in [2.75, 3.05) is 19.8 Å². The van der Waals surface area contributed by atoms with Gasteiger partial charge in [-0.05, 0) is 127 Å². The van der Waals surface area contributed by atoms with Gasteiger partial charge >= 0.3 is 25.8 Å². The first-order valence-corrected chi connectivity index (χ1v) is 37.5. The van der Waals surface area contributed by atoms with Gasteiger partial charge in [0.25, 0.3) is 0 Å². The molecule has 1 aliphatic heterocycles. The van der Waals surface area contributed by atoms with Gasteiger partial charge in [-0.15, -0.1) is 0 Å². The lowest BCUT2D eigenvalue weighted by atomic mass is 9.80. The largest absolute Gasteiger partial charge is 0.530 e. The number of hydrogen-bond donors (Lipinski definition) is 0. The minimum Gasteiger partial charge on any atom is -0.426 e. The molecular formula is C81H121O9P3. The summed E-state index contributed by atoms with van der Waals surface area (Å²) in [6, 6.07) is 45.6. The SMILES string of the molecule is CC(C)(C)c1ccc(OP(Oc2ccc(C(C)(C)C)cc2C(C)(C)C)Oc2ccc(C(C)(C)C)cc2C(C)(C)C)c(C(C)(C)C)c1.CC(C)(C)c1ccc(OP2OCCCO2)c(C(C)(C)C)c1.CCCCCCCCCCOP(Oc1ccccc1)Oc1ccccc1. The fraction of sp³-hybridized carbons (Fsp3) is 0.556. The Hall–Kier alpha value is -4.71. The zero-order valence-corrected chi connectivity index (χ0v) is 64.9. The van der Waals surface area contributed by atoms with Gasteiger partial charge in [-0.1, -0.05) is 303 Å². The quantitative estimate of drug-likeness (QED) is 0.0487. The van der Waals surface area contributed by atoms with Crippen LogP contribution >= 0.6 is 25.8 Å². The van der Waals surface area contributed by atoms with E-state index in [0.717, 1.165) is 77.2 Å². The summed E-state index contributed by atoms with van der Waals surface area (Å²) in [4.78, 5) is 0. The third-order valence-corrected chi connectivity index (χ3v) is 19.3. The number of para-hydroxylation sites is 2. The van der Waals surface area contributed by atoms with Crippen LogP contribution in [0.25, 0.3) is 0 Å². The summed E-state index contributed by atoms with van der Waals surface area (Å²) in [6.45, 7) is 58.0. The molecule has 0 saturated carbocycles. The normalized spacial score (nSPS) is 13.8. The highest BCUT2D eigenvalue weighted by molar-refractivity contribution is 7.43. The van der Waals surface area contributed by atoms with Crippen LogP contribution in [0, 0.1) is 0 Å². The Bertz CT molecular complexity index is 2950. The van der Waals surface area contributed by atoms with Crippen LogP contribution < -0.4 is 27.1 Å². The molecule has 0 spiro atoms. The molecule has 0 atom stereocenters. The molecule has 0 N–H and O–H groups in total. The van der Waals surface area contributed by atoms with Gasteiger partial charge in [0, 0.05) is 22.3 Å². The van der Waals surface area contributed by atoms with Gasteiger partial charge in [0.15, 0.2) is 0 Å². The van der Waals surface area contributed by atoms with E-state index in [-0.39, 0.29) is 43.3 Å². The average Bonchev–Trinajstić information content (AvgIpc) is 0.817. The van der Waals surface area contributed by atoms with Crippen molar-refractivity contribution >= 4 is 25.8 Å². The van der Waals surface area contributed by atoms with E-state index >= 15 is 0 Å². The molecule has 1 saturated heterocycles. The van der Waals surface area contributed by atoms with Crippen LogP contribution in [0.2, 0.25) is 0 Å². The smallest absolute Gasteiger partial charge is 0.426 e. The summed E-state index contributed by atoms with van der Waals surface area (Å²) in [5, 5.41) is 0. The second-order valence-corrected chi connectivity index (χ2v) is 36.2. The van der Waals surface area contributed by atoms with Crippen LogP contribution in [-0.2, 0) is 56.9 Å². The maximum absolute atomic E-state index is 6.90. The van der Waals surface area contributed by atoms with Crippen molar-refractivity contribution in [1.29, 1.82) is 0 Å². The lowest BCUT2D eigenvalue weighted by Crippen LogP contribution is -2.20. The Morgan fingerprint density at radius 2 is 0.634 bits per heavy atom. The fourth-order valence-electron chi connectivity index (χ4n) is 10.0.